The fourth-order valence-electron chi connectivity index (χ4n) is 2.27. The highest BCUT2D eigenvalue weighted by Crippen LogP contribution is 2.25. The number of amides is 2. The van der Waals surface area contributed by atoms with E-state index in [1.165, 1.54) is 0 Å². The number of nitrogens with two attached hydrogens (primary N) is 1. The van der Waals surface area contributed by atoms with Gasteiger partial charge in [0.25, 0.3) is 0 Å². The average molecular weight is 292 g/mol. The van der Waals surface area contributed by atoms with Crippen LogP contribution in [0.4, 0.5) is 0 Å². The Balaban J connectivity index is 0.00000324. The Kier molecular flexibility index (Phi) is 8.02. The monoisotopic (exact) mass is 291 g/mol. The van der Waals surface area contributed by atoms with Gasteiger partial charge in [-0.05, 0) is 26.7 Å². The summed E-state index contributed by atoms with van der Waals surface area (Å²) >= 11 is 0. The van der Waals surface area contributed by atoms with Gasteiger partial charge >= 0.3 is 0 Å². The average Bonchev–Trinajstić information content (AvgIpc) is 2.28. The van der Waals surface area contributed by atoms with E-state index in [0.717, 1.165) is 32.1 Å². The molecule has 0 saturated heterocycles. The molecule has 0 unspecified atom stereocenters. The van der Waals surface area contributed by atoms with Gasteiger partial charge in [-0.2, -0.15) is 0 Å². The van der Waals surface area contributed by atoms with Crippen LogP contribution in [0.15, 0.2) is 0 Å². The van der Waals surface area contributed by atoms with Crippen molar-refractivity contribution in [3.05, 3.63) is 0 Å². The van der Waals surface area contributed by atoms with E-state index in [-0.39, 0.29) is 30.3 Å². The summed E-state index contributed by atoms with van der Waals surface area (Å²) < 4.78 is 0. The lowest BCUT2D eigenvalue weighted by Gasteiger charge is -2.31. The van der Waals surface area contributed by atoms with Crippen molar-refractivity contribution < 1.29 is 9.59 Å². The quantitative estimate of drug-likeness (QED) is 0.709. The second-order valence-corrected chi connectivity index (χ2v) is 5.44. The summed E-state index contributed by atoms with van der Waals surface area (Å²) in [6.07, 6.45) is 4.98. The smallest absolute Gasteiger partial charge is 0.240 e. The fraction of sp³-hybridized carbons (Fsp3) is 0.846. The highest BCUT2D eigenvalue weighted by molar-refractivity contribution is 5.86. The number of rotatable bonds is 5. The van der Waals surface area contributed by atoms with Crippen LogP contribution in [0.25, 0.3) is 0 Å². The van der Waals surface area contributed by atoms with Crippen molar-refractivity contribution in [2.45, 2.75) is 64.0 Å². The molecule has 6 heteroatoms. The summed E-state index contributed by atoms with van der Waals surface area (Å²) in [5.74, 6) is -0.153. The van der Waals surface area contributed by atoms with Gasteiger partial charge in [0.2, 0.25) is 11.8 Å². The molecule has 1 aliphatic carbocycles. The van der Waals surface area contributed by atoms with Crippen LogP contribution in [0, 0.1) is 0 Å². The summed E-state index contributed by atoms with van der Waals surface area (Å²) in [7, 11) is 0. The van der Waals surface area contributed by atoms with E-state index >= 15 is 0 Å². The summed E-state index contributed by atoms with van der Waals surface area (Å²) in [6, 6.07) is 0.132. The molecule has 0 aromatic rings. The second kappa shape index (κ2) is 8.38. The predicted octanol–water partition coefficient (Wildman–Crippen LogP) is 1.10. The Morgan fingerprint density at radius 2 is 1.79 bits per heavy atom. The van der Waals surface area contributed by atoms with Gasteiger partial charge in [0.05, 0.1) is 5.54 Å². The van der Waals surface area contributed by atoms with Crippen molar-refractivity contribution in [3.63, 3.8) is 0 Å². The number of carbonyl (C=O) groups is 2. The van der Waals surface area contributed by atoms with E-state index in [1.54, 1.807) is 0 Å². The van der Waals surface area contributed by atoms with Gasteiger partial charge in [-0.25, -0.2) is 0 Å². The Bertz CT molecular complexity index is 302. The Morgan fingerprint density at radius 3 is 2.32 bits per heavy atom. The Hall–Kier alpha value is -0.810. The van der Waals surface area contributed by atoms with Crippen LogP contribution >= 0.6 is 12.4 Å². The molecule has 0 radical (unpaired) electrons. The molecule has 1 aliphatic rings. The lowest BCUT2D eigenvalue weighted by Crippen LogP contribution is -2.55. The number of nitrogens with one attached hydrogen (secondary N) is 2. The van der Waals surface area contributed by atoms with E-state index in [0.29, 0.717) is 13.0 Å². The molecule has 0 aromatic carbocycles. The van der Waals surface area contributed by atoms with Crippen LogP contribution < -0.4 is 16.4 Å². The second-order valence-electron chi connectivity index (χ2n) is 5.44. The maximum absolute atomic E-state index is 12.0. The standard InChI is InChI=1S/C13H25N3O2.ClH/c1-10(2)16-11(17)6-9-15-12(18)13(14)7-4-3-5-8-13;/h10H,3-9,14H2,1-2H3,(H,15,18)(H,16,17);1H. The lowest BCUT2D eigenvalue weighted by atomic mass is 9.82. The molecular weight excluding hydrogens is 266 g/mol. The van der Waals surface area contributed by atoms with Crippen molar-refractivity contribution in [1.29, 1.82) is 0 Å². The molecule has 0 aromatic heterocycles. The summed E-state index contributed by atoms with van der Waals surface area (Å²) in [4.78, 5) is 23.4. The number of hydrogen-bond acceptors (Lipinski definition) is 3. The highest BCUT2D eigenvalue weighted by atomic mass is 35.5. The van der Waals surface area contributed by atoms with Crippen molar-refractivity contribution in [3.8, 4) is 0 Å². The van der Waals surface area contributed by atoms with Gasteiger partial charge in [0, 0.05) is 19.0 Å². The molecule has 1 rings (SSSR count). The zero-order chi connectivity index (χ0) is 13.6. The molecule has 4 N–H and O–H groups in total. The zero-order valence-corrected chi connectivity index (χ0v) is 12.6. The maximum atomic E-state index is 12.0. The Labute approximate surface area is 121 Å². The normalized spacial score (nSPS) is 17.5. The molecule has 0 heterocycles. The molecule has 5 nitrogen and oxygen atoms in total. The molecular formula is C13H26ClN3O2. The minimum Gasteiger partial charge on any atom is -0.354 e. The predicted molar refractivity (Wildman–Crippen MR) is 78.2 cm³/mol. The van der Waals surface area contributed by atoms with Crippen LogP contribution in [-0.4, -0.2) is 29.9 Å². The molecule has 0 atom stereocenters. The van der Waals surface area contributed by atoms with Crippen LogP contribution in [-0.2, 0) is 9.59 Å². The molecule has 112 valence electrons. The summed E-state index contributed by atoms with van der Waals surface area (Å²) in [5.41, 5.74) is 5.37. The number of halogens is 1. The van der Waals surface area contributed by atoms with Crippen LogP contribution in [0.1, 0.15) is 52.4 Å². The minimum absolute atomic E-state index is 0. The van der Waals surface area contributed by atoms with Crippen molar-refractivity contribution >= 4 is 24.2 Å². The fourth-order valence-corrected chi connectivity index (χ4v) is 2.27. The van der Waals surface area contributed by atoms with E-state index < -0.39 is 5.54 Å². The molecule has 0 aliphatic heterocycles. The van der Waals surface area contributed by atoms with Crippen LogP contribution in [0.2, 0.25) is 0 Å². The van der Waals surface area contributed by atoms with Gasteiger partial charge in [-0.1, -0.05) is 19.3 Å². The molecule has 0 bridgehead atoms. The first-order valence-corrected chi connectivity index (χ1v) is 6.80. The largest absolute Gasteiger partial charge is 0.354 e. The Morgan fingerprint density at radius 1 is 1.21 bits per heavy atom. The molecule has 19 heavy (non-hydrogen) atoms. The molecule has 2 amide bonds. The van der Waals surface area contributed by atoms with Crippen molar-refractivity contribution in [2.24, 2.45) is 5.73 Å². The van der Waals surface area contributed by atoms with Crippen molar-refractivity contribution in [2.75, 3.05) is 6.54 Å². The maximum Gasteiger partial charge on any atom is 0.240 e. The third-order valence-corrected chi connectivity index (χ3v) is 3.29. The van der Waals surface area contributed by atoms with Gasteiger partial charge in [-0.3, -0.25) is 9.59 Å². The van der Waals surface area contributed by atoms with E-state index in [9.17, 15) is 9.59 Å². The number of carbonyl (C=O) groups excluding carboxylic acids is 2. The summed E-state index contributed by atoms with van der Waals surface area (Å²) in [5, 5.41) is 5.56. The SMILES string of the molecule is CC(C)NC(=O)CCNC(=O)C1(N)CCCCC1.Cl. The molecule has 0 spiro atoms. The number of hydrogen-bond donors (Lipinski definition) is 3. The van der Waals surface area contributed by atoms with Crippen molar-refractivity contribution in [1.82, 2.24) is 10.6 Å². The third-order valence-electron chi connectivity index (χ3n) is 3.29. The minimum atomic E-state index is -0.716. The van der Waals surface area contributed by atoms with Gasteiger partial charge in [0.1, 0.15) is 0 Å². The zero-order valence-electron chi connectivity index (χ0n) is 11.8. The van der Waals surface area contributed by atoms with Crippen LogP contribution in [0.3, 0.4) is 0 Å². The lowest BCUT2D eigenvalue weighted by molar-refractivity contribution is -0.127. The van der Waals surface area contributed by atoms with E-state index in [2.05, 4.69) is 10.6 Å². The highest BCUT2D eigenvalue weighted by Gasteiger charge is 2.34. The van der Waals surface area contributed by atoms with Gasteiger partial charge in [-0.15, -0.1) is 12.4 Å². The topological polar surface area (TPSA) is 84.2 Å². The third kappa shape index (κ3) is 6.25. The van der Waals surface area contributed by atoms with Gasteiger partial charge < -0.3 is 16.4 Å². The first-order chi connectivity index (χ1) is 8.44. The molecule has 1 fully saturated rings. The summed E-state index contributed by atoms with van der Waals surface area (Å²) in [6.45, 7) is 4.18. The first kappa shape index (κ1) is 18.2. The van der Waals surface area contributed by atoms with Gasteiger partial charge in [0.15, 0.2) is 0 Å². The van der Waals surface area contributed by atoms with E-state index in [4.69, 9.17) is 5.73 Å². The first-order valence-electron chi connectivity index (χ1n) is 6.80. The van der Waals surface area contributed by atoms with E-state index in [1.807, 2.05) is 13.8 Å². The van der Waals surface area contributed by atoms with Crippen LogP contribution in [0.5, 0.6) is 0 Å². The molecule has 1 saturated carbocycles.